The van der Waals surface area contributed by atoms with Gasteiger partial charge in [0, 0.05) is 0 Å². The van der Waals surface area contributed by atoms with Crippen molar-refractivity contribution in [1.82, 2.24) is 0 Å². The van der Waals surface area contributed by atoms with Crippen molar-refractivity contribution in [2.24, 2.45) is 8.22 Å². The molecule has 1 atom stereocenters. The van der Waals surface area contributed by atoms with Crippen molar-refractivity contribution >= 4 is 54.4 Å². The van der Waals surface area contributed by atoms with E-state index in [1.165, 1.54) is 20.4 Å². The Balaban J connectivity index is 2.57. The fourth-order valence-electron chi connectivity index (χ4n) is 2.32. The molecule has 1 rings (SSSR count). The normalized spacial score (nSPS) is 14.8. The van der Waals surface area contributed by atoms with Crippen LogP contribution in [0.4, 0.5) is 0 Å². The summed E-state index contributed by atoms with van der Waals surface area (Å²) in [5, 5.41) is 0. The van der Waals surface area contributed by atoms with Gasteiger partial charge in [-0.2, -0.15) is 0 Å². The molecule has 0 spiro atoms. The van der Waals surface area contributed by atoms with Crippen LogP contribution in [0.1, 0.15) is 51.2 Å². The van der Waals surface area contributed by atoms with E-state index in [9.17, 15) is 0 Å². The van der Waals surface area contributed by atoms with Crippen molar-refractivity contribution in [2.45, 2.75) is 53.9 Å². The van der Waals surface area contributed by atoms with E-state index in [4.69, 9.17) is 4.74 Å². The molecule has 0 fully saturated rings. The predicted octanol–water partition coefficient (Wildman–Crippen LogP) is 5.03. The Labute approximate surface area is 159 Å². The summed E-state index contributed by atoms with van der Waals surface area (Å²) in [6.07, 6.45) is 3.37. The number of benzene rings is 1. The van der Waals surface area contributed by atoms with E-state index in [2.05, 4.69) is 72.1 Å². The number of hydrogen-bond acceptors (Lipinski definition) is 2. The number of halogens is 1. The van der Waals surface area contributed by atoms with Gasteiger partial charge in [0.15, 0.2) is 0 Å². The molecule has 4 heteroatoms. The second kappa shape index (κ2) is 8.84. The van der Waals surface area contributed by atoms with E-state index in [0.717, 1.165) is 31.6 Å². The van der Waals surface area contributed by atoms with Gasteiger partial charge in [-0.25, -0.2) is 0 Å². The summed E-state index contributed by atoms with van der Waals surface area (Å²) >= 11 is 3.08. The third-order valence-electron chi connectivity index (χ3n) is 4.43. The van der Waals surface area contributed by atoms with Crippen molar-refractivity contribution in [1.29, 1.82) is 0 Å². The Morgan fingerprint density at radius 3 is 2.57 bits per heavy atom. The molecule has 0 aliphatic rings. The van der Waals surface area contributed by atoms with Crippen molar-refractivity contribution in [3.8, 4) is 5.75 Å². The summed E-state index contributed by atoms with van der Waals surface area (Å²) in [4.78, 5) is 0. The van der Waals surface area contributed by atoms with E-state index in [1.807, 2.05) is 0 Å². The van der Waals surface area contributed by atoms with Crippen LogP contribution in [0.3, 0.4) is 0 Å². The van der Waals surface area contributed by atoms with Crippen LogP contribution in [0.25, 0.3) is 0 Å². The molecule has 0 heterocycles. The van der Waals surface area contributed by atoms with Crippen LogP contribution < -0.4 is 4.74 Å². The second-order valence-corrected chi connectivity index (χ2v) is 8.11. The second-order valence-electron chi connectivity index (χ2n) is 5.95. The first-order valence-corrected chi connectivity index (χ1v) is 10.6. The third kappa shape index (κ3) is 5.48. The fourth-order valence-corrected chi connectivity index (χ4v) is 4.16. The molecule has 0 aliphatic carbocycles. The molecule has 0 saturated carbocycles. The van der Waals surface area contributed by atoms with Crippen LogP contribution >= 0.6 is 22.6 Å². The van der Waals surface area contributed by atoms with Crippen molar-refractivity contribution in [2.75, 3.05) is 6.61 Å². The molecule has 2 nitrogen and oxygen atoms in total. The average Bonchev–Trinajstić information content (AvgIpc) is 2.47. The molecule has 21 heavy (non-hydrogen) atoms. The zero-order valence-electron chi connectivity index (χ0n) is 13.8. The molecule has 0 aromatic heterocycles. The number of nitrogens with zero attached hydrogens (tertiary/aromatic N) is 1. The summed E-state index contributed by atoms with van der Waals surface area (Å²) < 4.78 is 11.8. The molecule has 0 aliphatic heterocycles. The van der Waals surface area contributed by atoms with Gasteiger partial charge in [0.2, 0.25) is 0 Å². The fraction of sp³-hybridized carbons (Fsp3) is 0.588. The van der Waals surface area contributed by atoms with Gasteiger partial charge in [-0.1, -0.05) is 0 Å². The Morgan fingerprint density at radius 2 is 2.00 bits per heavy atom. The SMILES string of the molecule is CCC(C)(CCCOc1cc(C)c(I)cc1C)/C(C)=[N]/[Tl]. The van der Waals surface area contributed by atoms with Crippen LogP contribution in [-0.4, -0.2) is 38.4 Å². The van der Waals surface area contributed by atoms with Gasteiger partial charge in [0.1, 0.15) is 0 Å². The van der Waals surface area contributed by atoms with E-state index < -0.39 is 0 Å². The first kappa shape index (κ1) is 19.4. The van der Waals surface area contributed by atoms with E-state index >= 15 is 0 Å². The predicted molar refractivity (Wildman–Crippen MR) is 101 cm³/mol. The molecular weight excluding hydrogens is 565 g/mol. The van der Waals surface area contributed by atoms with Gasteiger partial charge < -0.3 is 0 Å². The molecule has 0 saturated heterocycles. The third-order valence-corrected chi connectivity index (χ3v) is 7.10. The Hall–Kier alpha value is 0.342. The van der Waals surface area contributed by atoms with Crippen LogP contribution in [0.2, 0.25) is 0 Å². The van der Waals surface area contributed by atoms with Crippen molar-refractivity contribution in [3.63, 3.8) is 0 Å². The van der Waals surface area contributed by atoms with E-state index in [0.29, 0.717) is 26.1 Å². The number of hydrogen-bond donors (Lipinski definition) is 0. The number of aryl methyl sites for hydroxylation is 2. The monoisotopic (exact) mass is 591 g/mol. The molecule has 1 aromatic carbocycles. The topological polar surface area (TPSA) is 21.6 Å². The maximum atomic E-state index is 5.99. The van der Waals surface area contributed by atoms with Gasteiger partial charge in [0.05, 0.1) is 0 Å². The average molecular weight is 591 g/mol. The number of rotatable bonds is 7. The quantitative estimate of drug-likeness (QED) is 0.189. The molecular formula is C17H25INOTl. The standard InChI is InChI=1S/C17H25INO.Tl/c1-6-17(5,14(4)19)8-7-9-20-16-11-12(2)15(18)10-13(16)3;/h10-11H,6-9H2,1-5H3;/q-1;+1. The Morgan fingerprint density at radius 1 is 1.33 bits per heavy atom. The molecule has 1 unspecified atom stereocenters. The first-order valence-electron chi connectivity index (χ1n) is 7.48. The van der Waals surface area contributed by atoms with E-state index in [-0.39, 0.29) is 5.41 Å². The van der Waals surface area contributed by atoms with Crippen LogP contribution in [-0.2, 0) is 0 Å². The van der Waals surface area contributed by atoms with Gasteiger partial charge in [0.25, 0.3) is 0 Å². The summed E-state index contributed by atoms with van der Waals surface area (Å²) in [7, 11) is 0. The zero-order valence-corrected chi connectivity index (χ0v) is 20.4. The minimum absolute atomic E-state index is 0.245. The zero-order chi connectivity index (χ0) is 16.0. The maximum absolute atomic E-state index is 5.99. The Kier molecular flexibility index (Phi) is 8.16. The van der Waals surface area contributed by atoms with E-state index in [1.54, 1.807) is 0 Å². The number of ether oxygens (including phenoxy) is 1. The Bertz CT molecular complexity index is 516. The summed E-state index contributed by atoms with van der Waals surface area (Å²) in [5.41, 5.74) is 4.07. The first-order chi connectivity index (χ1) is 9.84. The molecule has 0 bridgehead atoms. The van der Waals surface area contributed by atoms with Crippen molar-refractivity contribution < 1.29 is 4.74 Å². The molecule has 1 aromatic rings. The summed E-state index contributed by atoms with van der Waals surface area (Å²) in [5.74, 6) is 1.03. The van der Waals surface area contributed by atoms with Crippen LogP contribution in [0.15, 0.2) is 14.9 Å². The van der Waals surface area contributed by atoms with Gasteiger partial charge in [-0.05, 0) is 0 Å². The van der Waals surface area contributed by atoms with Gasteiger partial charge >= 0.3 is 160 Å². The molecule has 0 amide bonds. The summed E-state index contributed by atoms with van der Waals surface area (Å²) in [6.45, 7) is 11.8. The summed E-state index contributed by atoms with van der Waals surface area (Å²) in [6, 6.07) is 4.35. The van der Waals surface area contributed by atoms with Crippen molar-refractivity contribution in [3.05, 3.63) is 26.8 Å². The van der Waals surface area contributed by atoms with Gasteiger partial charge in [-0.15, -0.1) is 0 Å². The molecule has 0 radical (unpaired) electrons. The van der Waals surface area contributed by atoms with Crippen LogP contribution in [0.5, 0.6) is 5.75 Å². The minimum atomic E-state index is 0.245. The van der Waals surface area contributed by atoms with Gasteiger partial charge in [-0.3, -0.25) is 0 Å². The molecule has 114 valence electrons. The van der Waals surface area contributed by atoms with Crippen LogP contribution in [0, 0.1) is 22.8 Å². The molecule has 0 N–H and O–H groups in total.